The Morgan fingerprint density at radius 3 is 2.44 bits per heavy atom. The minimum atomic E-state index is -0.120. The largest absolute Gasteiger partial charge is 0.378 e. The highest BCUT2D eigenvalue weighted by Gasteiger charge is 2.42. The van der Waals surface area contributed by atoms with Gasteiger partial charge in [0, 0.05) is 70.7 Å². The predicted octanol–water partition coefficient (Wildman–Crippen LogP) is 1.91. The number of carbonyl (C=O) groups excluding carboxylic acids is 2. The molecule has 148 valence electrons. The summed E-state index contributed by atoms with van der Waals surface area (Å²) in [6.45, 7) is 2.92. The van der Waals surface area contributed by atoms with Crippen LogP contribution in [0.2, 0.25) is 0 Å². The number of carbonyl (C=O) groups is 2. The van der Waals surface area contributed by atoms with Gasteiger partial charge >= 0.3 is 6.03 Å². The van der Waals surface area contributed by atoms with Crippen molar-refractivity contribution < 1.29 is 9.59 Å². The molecule has 1 atom stereocenters. The summed E-state index contributed by atoms with van der Waals surface area (Å²) in [5.41, 5.74) is 1.78. The molecule has 0 saturated carbocycles. The summed E-state index contributed by atoms with van der Waals surface area (Å²) < 4.78 is 0. The first-order valence-electron chi connectivity index (χ1n) is 9.59. The van der Waals surface area contributed by atoms with E-state index in [0.717, 1.165) is 37.3 Å². The number of rotatable bonds is 2. The van der Waals surface area contributed by atoms with E-state index in [0.29, 0.717) is 19.5 Å². The van der Waals surface area contributed by atoms with Gasteiger partial charge in [-0.15, -0.1) is 0 Å². The molecule has 0 bridgehead atoms. The zero-order valence-corrected chi connectivity index (χ0v) is 16.9. The number of hydrogen-bond acceptors (Lipinski definition) is 4. The quantitative estimate of drug-likeness (QED) is 0.860. The molecule has 0 unspecified atom stereocenters. The summed E-state index contributed by atoms with van der Waals surface area (Å²) in [4.78, 5) is 33.0. The van der Waals surface area contributed by atoms with Crippen LogP contribution in [-0.4, -0.2) is 86.5 Å². The third-order valence-electron chi connectivity index (χ3n) is 6.06. The highest BCUT2D eigenvalue weighted by Crippen LogP contribution is 2.32. The first-order chi connectivity index (χ1) is 12.8. The van der Waals surface area contributed by atoms with Crippen molar-refractivity contribution in [1.82, 2.24) is 14.7 Å². The molecule has 2 saturated heterocycles. The van der Waals surface area contributed by atoms with Gasteiger partial charge in [0.25, 0.3) is 0 Å². The second kappa shape index (κ2) is 7.76. The van der Waals surface area contributed by atoms with Crippen LogP contribution in [0.4, 0.5) is 16.2 Å². The molecule has 0 aromatic heterocycles. The van der Waals surface area contributed by atoms with Crippen molar-refractivity contribution in [1.29, 1.82) is 0 Å². The molecule has 2 aliphatic heterocycles. The van der Waals surface area contributed by atoms with Crippen LogP contribution in [0.5, 0.6) is 0 Å². The van der Waals surface area contributed by atoms with E-state index in [9.17, 15) is 9.59 Å². The van der Waals surface area contributed by atoms with E-state index >= 15 is 0 Å². The highest BCUT2D eigenvalue weighted by molar-refractivity contribution is 5.89. The van der Waals surface area contributed by atoms with Crippen LogP contribution in [0.15, 0.2) is 24.3 Å². The molecule has 3 amide bonds. The minimum absolute atomic E-state index is 0.0657. The van der Waals surface area contributed by atoms with Crippen molar-refractivity contribution in [2.75, 3.05) is 64.6 Å². The number of hydrogen-bond donors (Lipinski definition) is 1. The first-order valence-corrected chi connectivity index (χ1v) is 9.59. The number of likely N-dealkylation sites (N-methyl/N-ethyl adjacent to an activating group) is 1. The highest BCUT2D eigenvalue weighted by atomic mass is 16.2. The summed E-state index contributed by atoms with van der Waals surface area (Å²) >= 11 is 0. The SMILES string of the molecule is CN1CC[C@]2(CCC1=O)CN(C(=O)Nc1ccc(N(C)C)cc1)CCN2C. The van der Waals surface area contributed by atoms with Crippen molar-refractivity contribution >= 4 is 23.3 Å². The zero-order valence-electron chi connectivity index (χ0n) is 16.9. The van der Waals surface area contributed by atoms with Crippen LogP contribution in [0.1, 0.15) is 19.3 Å². The average molecular weight is 374 g/mol. The molecule has 27 heavy (non-hydrogen) atoms. The number of anilines is 2. The van der Waals surface area contributed by atoms with Gasteiger partial charge < -0.3 is 20.0 Å². The maximum atomic E-state index is 12.8. The van der Waals surface area contributed by atoms with Crippen molar-refractivity contribution in [3.63, 3.8) is 0 Å². The topological polar surface area (TPSA) is 59.1 Å². The van der Waals surface area contributed by atoms with Crippen LogP contribution in [0.3, 0.4) is 0 Å². The Hall–Kier alpha value is -2.28. The lowest BCUT2D eigenvalue weighted by Crippen LogP contribution is -2.62. The van der Waals surface area contributed by atoms with Gasteiger partial charge in [0.15, 0.2) is 0 Å². The third-order valence-corrected chi connectivity index (χ3v) is 6.06. The summed E-state index contributed by atoms with van der Waals surface area (Å²) in [5.74, 6) is 0.197. The van der Waals surface area contributed by atoms with E-state index in [1.807, 2.05) is 60.1 Å². The number of nitrogens with one attached hydrogen (secondary N) is 1. The van der Waals surface area contributed by atoms with Crippen molar-refractivity contribution in [3.8, 4) is 0 Å². The fraction of sp³-hybridized carbons (Fsp3) is 0.600. The Kier molecular flexibility index (Phi) is 5.60. The van der Waals surface area contributed by atoms with Crippen LogP contribution in [0.25, 0.3) is 0 Å². The number of likely N-dealkylation sites (tertiary alicyclic amines) is 1. The maximum absolute atomic E-state index is 12.8. The number of urea groups is 1. The molecular formula is C20H31N5O2. The zero-order chi connectivity index (χ0) is 19.6. The van der Waals surface area contributed by atoms with Gasteiger partial charge in [-0.25, -0.2) is 4.79 Å². The van der Waals surface area contributed by atoms with E-state index in [1.54, 1.807) is 0 Å². The monoisotopic (exact) mass is 373 g/mol. The van der Waals surface area contributed by atoms with E-state index in [1.165, 1.54) is 0 Å². The summed E-state index contributed by atoms with van der Waals surface area (Å²) in [6, 6.07) is 7.78. The van der Waals surface area contributed by atoms with Gasteiger partial charge in [0.05, 0.1) is 0 Å². The third kappa shape index (κ3) is 4.18. The molecule has 1 aromatic rings. The first kappa shape index (κ1) is 19.5. The normalized spacial score (nSPS) is 24.1. The smallest absolute Gasteiger partial charge is 0.321 e. The van der Waals surface area contributed by atoms with Crippen molar-refractivity contribution in [2.24, 2.45) is 0 Å². The minimum Gasteiger partial charge on any atom is -0.378 e. The summed E-state index contributed by atoms with van der Waals surface area (Å²) in [7, 11) is 7.97. The fourth-order valence-electron chi connectivity index (χ4n) is 3.98. The molecule has 1 N–H and O–H groups in total. The van der Waals surface area contributed by atoms with Gasteiger partial charge in [-0.3, -0.25) is 9.69 Å². The molecule has 2 fully saturated rings. The summed E-state index contributed by atoms with van der Waals surface area (Å²) in [5, 5.41) is 3.02. The van der Waals surface area contributed by atoms with E-state index in [4.69, 9.17) is 0 Å². The van der Waals surface area contributed by atoms with Crippen LogP contribution >= 0.6 is 0 Å². The molecule has 7 heteroatoms. The molecule has 0 aliphatic carbocycles. The lowest BCUT2D eigenvalue weighted by molar-refractivity contribution is -0.129. The maximum Gasteiger partial charge on any atom is 0.321 e. The van der Waals surface area contributed by atoms with E-state index in [-0.39, 0.29) is 17.5 Å². The van der Waals surface area contributed by atoms with E-state index < -0.39 is 0 Å². The van der Waals surface area contributed by atoms with Crippen LogP contribution < -0.4 is 10.2 Å². The lowest BCUT2D eigenvalue weighted by Gasteiger charge is -2.49. The second-order valence-electron chi connectivity index (χ2n) is 8.00. The van der Waals surface area contributed by atoms with E-state index in [2.05, 4.69) is 17.3 Å². The molecule has 7 nitrogen and oxygen atoms in total. The van der Waals surface area contributed by atoms with Crippen molar-refractivity contribution in [3.05, 3.63) is 24.3 Å². The molecule has 3 rings (SSSR count). The number of benzene rings is 1. The molecule has 1 aromatic carbocycles. The van der Waals surface area contributed by atoms with Gasteiger partial charge in [-0.2, -0.15) is 0 Å². The van der Waals surface area contributed by atoms with Gasteiger partial charge in [-0.1, -0.05) is 0 Å². The van der Waals surface area contributed by atoms with Crippen LogP contribution in [-0.2, 0) is 4.79 Å². The number of amides is 3. The summed E-state index contributed by atoms with van der Waals surface area (Å²) in [6.07, 6.45) is 2.24. The Labute approximate surface area is 161 Å². The average Bonchev–Trinajstić information content (AvgIpc) is 2.79. The number of piperazine rings is 1. The molecule has 1 spiro atoms. The Bertz CT molecular complexity index is 690. The predicted molar refractivity (Wildman–Crippen MR) is 108 cm³/mol. The number of nitrogens with zero attached hydrogens (tertiary/aromatic N) is 4. The fourth-order valence-corrected chi connectivity index (χ4v) is 3.98. The van der Waals surface area contributed by atoms with Gasteiger partial charge in [0.1, 0.15) is 0 Å². The molecule has 2 heterocycles. The second-order valence-corrected chi connectivity index (χ2v) is 8.00. The van der Waals surface area contributed by atoms with Gasteiger partial charge in [0.2, 0.25) is 5.91 Å². The Morgan fingerprint density at radius 2 is 1.78 bits per heavy atom. The standard InChI is InChI=1S/C20H31N5O2/c1-22(2)17-7-5-16(6-8-17)21-19(27)25-14-13-24(4)20(15-25)10-9-18(26)23(3)12-11-20/h5-8H,9-15H2,1-4H3,(H,21,27)/t20-/m1/s1. The van der Waals surface area contributed by atoms with Crippen LogP contribution in [0, 0.1) is 0 Å². The lowest BCUT2D eigenvalue weighted by atomic mass is 9.86. The molecule has 2 aliphatic rings. The van der Waals surface area contributed by atoms with Crippen molar-refractivity contribution in [2.45, 2.75) is 24.8 Å². The Morgan fingerprint density at radius 1 is 1.07 bits per heavy atom. The Balaban J connectivity index is 1.67. The molecule has 0 radical (unpaired) electrons. The van der Waals surface area contributed by atoms with Gasteiger partial charge in [-0.05, 0) is 44.2 Å². The molecular weight excluding hydrogens is 342 g/mol.